The number of nitrogens with one attached hydrogen (secondary N) is 1. The molecular formula is C16H23NO5. The summed E-state index contributed by atoms with van der Waals surface area (Å²) >= 11 is 0. The van der Waals surface area contributed by atoms with Crippen molar-refractivity contribution in [2.75, 3.05) is 19.8 Å². The van der Waals surface area contributed by atoms with Crippen molar-refractivity contribution in [1.82, 2.24) is 5.32 Å². The number of carbonyl (C=O) groups excluding carboxylic acids is 1. The molecule has 6 heteroatoms. The lowest BCUT2D eigenvalue weighted by atomic mass is 10.1. The molecule has 1 heterocycles. The van der Waals surface area contributed by atoms with E-state index < -0.39 is 11.7 Å². The minimum absolute atomic E-state index is 0.0687. The zero-order valence-electron chi connectivity index (χ0n) is 12.7. The van der Waals surface area contributed by atoms with Gasteiger partial charge in [-0.25, -0.2) is 0 Å². The summed E-state index contributed by atoms with van der Waals surface area (Å²) in [6.45, 7) is 3.80. The molecule has 2 rings (SSSR count). The summed E-state index contributed by atoms with van der Waals surface area (Å²) in [4.78, 5) is 11.9. The number of ether oxygens (including phenoxy) is 2. The highest BCUT2D eigenvalue weighted by Gasteiger charge is 2.19. The van der Waals surface area contributed by atoms with E-state index in [0.717, 1.165) is 19.4 Å². The van der Waals surface area contributed by atoms with Crippen LogP contribution in [0, 0.1) is 0 Å². The second-order valence-corrected chi connectivity index (χ2v) is 5.48. The van der Waals surface area contributed by atoms with Crippen LogP contribution in [0.5, 0.6) is 11.5 Å². The first-order valence-electron chi connectivity index (χ1n) is 7.60. The van der Waals surface area contributed by atoms with Gasteiger partial charge in [0.1, 0.15) is 0 Å². The van der Waals surface area contributed by atoms with E-state index in [-0.39, 0.29) is 23.5 Å². The van der Waals surface area contributed by atoms with Crippen LogP contribution in [0.4, 0.5) is 0 Å². The molecule has 6 nitrogen and oxygen atoms in total. The third kappa shape index (κ3) is 4.61. The van der Waals surface area contributed by atoms with E-state index in [1.165, 1.54) is 18.2 Å². The topological polar surface area (TPSA) is 88.0 Å². The predicted molar refractivity (Wildman–Crippen MR) is 81.1 cm³/mol. The van der Waals surface area contributed by atoms with Crippen LogP contribution in [-0.4, -0.2) is 48.1 Å². The Balaban J connectivity index is 1.66. The minimum atomic E-state index is -0.409. The lowest BCUT2D eigenvalue weighted by Crippen LogP contribution is -2.30. The van der Waals surface area contributed by atoms with Gasteiger partial charge < -0.3 is 25.0 Å². The van der Waals surface area contributed by atoms with Crippen molar-refractivity contribution in [3.05, 3.63) is 23.8 Å². The summed E-state index contributed by atoms with van der Waals surface area (Å²) < 4.78 is 11.2. The standard InChI is InChI=1S/C16H23NO5/c1-11-10-12(6-9-21-11)22-8-3-7-17-16(20)13-4-2-5-14(18)15(13)19/h2,4-5,11-12,18-19H,3,6-10H2,1H3,(H,17,20)/t11-,12-/m1/s1. The molecule has 22 heavy (non-hydrogen) atoms. The Morgan fingerprint density at radius 3 is 3.05 bits per heavy atom. The number of aromatic hydroxyl groups is 2. The summed E-state index contributed by atoms with van der Waals surface area (Å²) in [6.07, 6.45) is 2.98. The molecule has 1 fully saturated rings. The number of rotatable bonds is 6. The fourth-order valence-corrected chi connectivity index (χ4v) is 2.44. The zero-order chi connectivity index (χ0) is 15.9. The van der Waals surface area contributed by atoms with E-state index in [2.05, 4.69) is 5.32 Å². The largest absolute Gasteiger partial charge is 0.504 e. The summed E-state index contributed by atoms with van der Waals surface area (Å²) in [5.41, 5.74) is 0.0687. The van der Waals surface area contributed by atoms with Gasteiger partial charge in [-0.2, -0.15) is 0 Å². The predicted octanol–water partition coefficient (Wildman–Crippen LogP) is 1.80. The van der Waals surface area contributed by atoms with E-state index in [1.807, 2.05) is 6.92 Å². The molecule has 0 aromatic heterocycles. The number of hydrogen-bond acceptors (Lipinski definition) is 5. The van der Waals surface area contributed by atoms with Crippen molar-refractivity contribution >= 4 is 5.91 Å². The normalized spacial score (nSPS) is 21.5. The van der Waals surface area contributed by atoms with Crippen LogP contribution in [0.2, 0.25) is 0 Å². The fraction of sp³-hybridized carbons (Fsp3) is 0.562. The van der Waals surface area contributed by atoms with Crippen LogP contribution in [0.3, 0.4) is 0 Å². The van der Waals surface area contributed by atoms with Gasteiger partial charge in [-0.05, 0) is 38.3 Å². The molecule has 3 N–H and O–H groups in total. The Labute approximate surface area is 130 Å². The first-order valence-corrected chi connectivity index (χ1v) is 7.60. The van der Waals surface area contributed by atoms with Gasteiger partial charge in [-0.1, -0.05) is 6.07 Å². The Kier molecular flexibility index (Phi) is 6.03. The first kappa shape index (κ1) is 16.6. The molecule has 0 radical (unpaired) electrons. The number of benzene rings is 1. The van der Waals surface area contributed by atoms with Crippen molar-refractivity contribution < 1.29 is 24.5 Å². The van der Waals surface area contributed by atoms with Crippen LogP contribution in [-0.2, 0) is 9.47 Å². The van der Waals surface area contributed by atoms with Crippen molar-refractivity contribution in [3.63, 3.8) is 0 Å². The molecule has 1 aliphatic rings. The molecular weight excluding hydrogens is 286 g/mol. The summed E-state index contributed by atoms with van der Waals surface area (Å²) in [5.74, 6) is -1.11. The zero-order valence-corrected chi connectivity index (χ0v) is 12.7. The minimum Gasteiger partial charge on any atom is -0.504 e. The van der Waals surface area contributed by atoms with Crippen LogP contribution in [0.25, 0.3) is 0 Å². The molecule has 0 bridgehead atoms. The lowest BCUT2D eigenvalue weighted by Gasteiger charge is -2.27. The van der Waals surface area contributed by atoms with Gasteiger partial charge in [-0.15, -0.1) is 0 Å². The highest BCUT2D eigenvalue weighted by molar-refractivity contribution is 5.97. The van der Waals surface area contributed by atoms with E-state index in [4.69, 9.17) is 9.47 Å². The summed E-state index contributed by atoms with van der Waals surface area (Å²) in [5, 5.41) is 21.7. The van der Waals surface area contributed by atoms with Gasteiger partial charge >= 0.3 is 0 Å². The van der Waals surface area contributed by atoms with Gasteiger partial charge in [-0.3, -0.25) is 4.79 Å². The molecule has 0 saturated carbocycles. The second-order valence-electron chi connectivity index (χ2n) is 5.48. The molecule has 0 spiro atoms. The number of para-hydroxylation sites is 1. The van der Waals surface area contributed by atoms with E-state index in [9.17, 15) is 15.0 Å². The molecule has 122 valence electrons. The molecule has 1 aromatic rings. The fourth-order valence-electron chi connectivity index (χ4n) is 2.44. The van der Waals surface area contributed by atoms with Gasteiger partial charge in [0.05, 0.1) is 17.8 Å². The van der Waals surface area contributed by atoms with Gasteiger partial charge in [0.25, 0.3) is 5.91 Å². The SMILES string of the molecule is C[C@@H]1C[C@H](OCCCNC(=O)c2cccc(O)c2O)CCO1. The van der Waals surface area contributed by atoms with Crippen LogP contribution >= 0.6 is 0 Å². The Morgan fingerprint density at radius 2 is 2.27 bits per heavy atom. The third-order valence-electron chi connectivity index (χ3n) is 3.66. The number of carbonyl (C=O) groups is 1. The van der Waals surface area contributed by atoms with Crippen molar-refractivity contribution in [1.29, 1.82) is 0 Å². The second kappa shape index (κ2) is 8.00. The molecule has 2 atom stereocenters. The molecule has 1 saturated heterocycles. The van der Waals surface area contributed by atoms with E-state index in [1.54, 1.807) is 0 Å². The number of phenols is 2. The Morgan fingerprint density at radius 1 is 1.45 bits per heavy atom. The maximum Gasteiger partial charge on any atom is 0.255 e. The molecule has 0 aliphatic carbocycles. The Hall–Kier alpha value is -1.79. The van der Waals surface area contributed by atoms with Crippen molar-refractivity contribution in [2.45, 2.75) is 38.4 Å². The molecule has 0 unspecified atom stereocenters. The van der Waals surface area contributed by atoms with Gasteiger partial charge in [0.2, 0.25) is 0 Å². The lowest BCUT2D eigenvalue weighted by molar-refractivity contribution is -0.0658. The molecule has 1 aromatic carbocycles. The molecule has 1 aliphatic heterocycles. The summed E-state index contributed by atoms with van der Waals surface area (Å²) in [7, 11) is 0. The average Bonchev–Trinajstić information content (AvgIpc) is 2.49. The highest BCUT2D eigenvalue weighted by Crippen LogP contribution is 2.27. The van der Waals surface area contributed by atoms with E-state index >= 15 is 0 Å². The maximum absolute atomic E-state index is 11.9. The van der Waals surface area contributed by atoms with Crippen LogP contribution in [0.1, 0.15) is 36.5 Å². The van der Waals surface area contributed by atoms with Crippen molar-refractivity contribution in [2.24, 2.45) is 0 Å². The average molecular weight is 309 g/mol. The highest BCUT2D eigenvalue weighted by atomic mass is 16.5. The smallest absolute Gasteiger partial charge is 0.255 e. The number of amides is 1. The van der Waals surface area contributed by atoms with Crippen molar-refractivity contribution in [3.8, 4) is 11.5 Å². The number of phenolic OH excluding ortho intramolecular Hbond substituents is 2. The number of hydrogen-bond donors (Lipinski definition) is 3. The van der Waals surface area contributed by atoms with E-state index in [0.29, 0.717) is 19.6 Å². The summed E-state index contributed by atoms with van der Waals surface area (Å²) in [6, 6.07) is 4.30. The van der Waals surface area contributed by atoms with Gasteiger partial charge in [0, 0.05) is 19.8 Å². The van der Waals surface area contributed by atoms with Crippen LogP contribution < -0.4 is 5.32 Å². The van der Waals surface area contributed by atoms with Crippen LogP contribution in [0.15, 0.2) is 18.2 Å². The van der Waals surface area contributed by atoms with Gasteiger partial charge in [0.15, 0.2) is 11.5 Å². The quantitative estimate of drug-likeness (QED) is 0.551. The third-order valence-corrected chi connectivity index (χ3v) is 3.66. The Bertz CT molecular complexity index is 505. The first-order chi connectivity index (χ1) is 10.6. The molecule has 1 amide bonds. The monoisotopic (exact) mass is 309 g/mol. The maximum atomic E-state index is 11.9.